The highest BCUT2D eigenvalue weighted by Gasteiger charge is 2.20. The van der Waals surface area contributed by atoms with Crippen LogP contribution in [-0.2, 0) is 4.79 Å². The molecule has 0 aliphatic heterocycles. The molecule has 0 unspecified atom stereocenters. The van der Waals surface area contributed by atoms with Gasteiger partial charge >= 0.3 is 0 Å². The minimum Gasteiger partial charge on any atom is -0.332 e. The summed E-state index contributed by atoms with van der Waals surface area (Å²) in [4.78, 5) is 12.0. The Morgan fingerprint density at radius 2 is 1.52 bits per heavy atom. The molecule has 3 nitrogen and oxygen atoms in total. The fourth-order valence-corrected chi connectivity index (χ4v) is 2.46. The van der Waals surface area contributed by atoms with Crippen LogP contribution in [0.1, 0.15) is 25.5 Å². The van der Waals surface area contributed by atoms with E-state index in [1.165, 1.54) is 36.4 Å². The second kappa shape index (κ2) is 7.83. The number of carbonyl (C=O) groups excluding carboxylic acids is 1. The number of quaternary nitrogens is 1. The molecule has 0 heterocycles. The molecule has 122 valence electrons. The molecule has 1 amide bonds. The minimum atomic E-state index is -0.342. The molecular weight excluding hydrogens is 298 g/mol. The van der Waals surface area contributed by atoms with Gasteiger partial charge in [0.25, 0.3) is 5.91 Å². The van der Waals surface area contributed by atoms with E-state index in [4.69, 9.17) is 0 Å². The number of halogens is 2. The van der Waals surface area contributed by atoms with E-state index in [9.17, 15) is 13.6 Å². The first-order chi connectivity index (χ1) is 11.0. The van der Waals surface area contributed by atoms with Crippen LogP contribution in [-0.4, -0.2) is 12.5 Å². The van der Waals surface area contributed by atoms with Crippen LogP contribution in [0.2, 0.25) is 0 Å². The molecule has 1 atom stereocenters. The second-order valence-corrected chi connectivity index (χ2v) is 5.82. The van der Waals surface area contributed by atoms with Crippen LogP contribution in [0.15, 0.2) is 48.5 Å². The van der Waals surface area contributed by atoms with Crippen LogP contribution in [0.5, 0.6) is 0 Å². The lowest BCUT2D eigenvalue weighted by Gasteiger charge is -2.19. The maximum Gasteiger partial charge on any atom is 0.279 e. The molecule has 0 radical (unpaired) electrons. The van der Waals surface area contributed by atoms with E-state index in [1.807, 2.05) is 5.32 Å². The SMILES string of the molecule is CC(C)[C@@H]([NH2+]CC(=O)Nc1ccc(F)cc1)c1ccc(F)cc1. The highest BCUT2D eigenvalue weighted by Crippen LogP contribution is 2.17. The number of carbonyl (C=O) groups is 1. The minimum absolute atomic E-state index is 0.0644. The number of rotatable bonds is 6. The van der Waals surface area contributed by atoms with E-state index in [2.05, 4.69) is 19.2 Å². The van der Waals surface area contributed by atoms with Crippen LogP contribution in [0, 0.1) is 17.6 Å². The molecule has 5 heteroatoms. The number of nitrogens with one attached hydrogen (secondary N) is 1. The van der Waals surface area contributed by atoms with Crippen LogP contribution in [0.25, 0.3) is 0 Å². The summed E-state index contributed by atoms with van der Waals surface area (Å²) in [7, 11) is 0. The summed E-state index contributed by atoms with van der Waals surface area (Å²) >= 11 is 0. The van der Waals surface area contributed by atoms with Gasteiger partial charge in [-0.1, -0.05) is 26.0 Å². The van der Waals surface area contributed by atoms with E-state index in [0.29, 0.717) is 11.6 Å². The van der Waals surface area contributed by atoms with Crippen molar-refractivity contribution in [1.82, 2.24) is 0 Å². The zero-order chi connectivity index (χ0) is 16.8. The van der Waals surface area contributed by atoms with Gasteiger partial charge in [-0.25, -0.2) is 8.78 Å². The number of amides is 1. The summed E-state index contributed by atoms with van der Waals surface area (Å²) in [5, 5.41) is 4.65. The summed E-state index contributed by atoms with van der Waals surface area (Å²) in [5.41, 5.74) is 1.55. The Hall–Kier alpha value is -2.27. The number of hydrogen-bond acceptors (Lipinski definition) is 1. The lowest BCUT2D eigenvalue weighted by molar-refractivity contribution is -0.692. The van der Waals surface area contributed by atoms with Crippen LogP contribution in [0.3, 0.4) is 0 Å². The molecule has 0 aromatic heterocycles. The third-order valence-corrected chi connectivity index (χ3v) is 3.66. The van der Waals surface area contributed by atoms with Crippen molar-refractivity contribution >= 4 is 11.6 Å². The zero-order valence-electron chi connectivity index (χ0n) is 13.2. The number of benzene rings is 2. The van der Waals surface area contributed by atoms with Crippen molar-refractivity contribution in [2.75, 3.05) is 11.9 Å². The number of hydrogen-bond donors (Lipinski definition) is 2. The quantitative estimate of drug-likeness (QED) is 0.845. The smallest absolute Gasteiger partial charge is 0.279 e. The molecule has 0 aliphatic rings. The third-order valence-electron chi connectivity index (χ3n) is 3.66. The van der Waals surface area contributed by atoms with Crippen LogP contribution in [0.4, 0.5) is 14.5 Å². The molecule has 0 saturated carbocycles. The average molecular weight is 319 g/mol. The van der Waals surface area contributed by atoms with Gasteiger partial charge in [-0.15, -0.1) is 0 Å². The van der Waals surface area contributed by atoms with Gasteiger partial charge in [0.1, 0.15) is 17.7 Å². The largest absolute Gasteiger partial charge is 0.332 e. The van der Waals surface area contributed by atoms with E-state index in [0.717, 1.165) is 5.56 Å². The molecule has 0 saturated heterocycles. The Bertz CT molecular complexity index is 639. The maximum atomic E-state index is 13.0. The van der Waals surface area contributed by atoms with Gasteiger partial charge in [-0.3, -0.25) is 4.79 Å². The van der Waals surface area contributed by atoms with E-state index in [1.54, 1.807) is 12.1 Å². The van der Waals surface area contributed by atoms with Crippen molar-refractivity contribution in [1.29, 1.82) is 0 Å². The van der Waals surface area contributed by atoms with Gasteiger partial charge in [0.05, 0.1) is 0 Å². The summed E-state index contributed by atoms with van der Waals surface area (Å²) in [6.07, 6.45) is 0. The predicted octanol–water partition coefficient (Wildman–Crippen LogP) is 2.86. The molecule has 2 rings (SSSR count). The Labute approximate surface area is 134 Å². The zero-order valence-corrected chi connectivity index (χ0v) is 13.2. The standard InChI is InChI=1S/C18H20F2N2O/c1-12(2)18(13-3-5-14(19)6-4-13)21-11-17(23)22-16-9-7-15(20)8-10-16/h3-10,12,18,21H,11H2,1-2H3,(H,22,23)/p+1/t18-/m1/s1. The van der Waals surface area contributed by atoms with Crippen molar-refractivity contribution in [3.05, 3.63) is 65.7 Å². The number of nitrogens with two attached hydrogens (primary N) is 1. The van der Waals surface area contributed by atoms with Crippen molar-refractivity contribution in [3.8, 4) is 0 Å². The Morgan fingerprint density at radius 1 is 1.00 bits per heavy atom. The molecule has 0 aliphatic carbocycles. The molecule has 23 heavy (non-hydrogen) atoms. The highest BCUT2D eigenvalue weighted by atomic mass is 19.1. The molecular formula is C18H21F2N2O+. The average Bonchev–Trinajstić information content (AvgIpc) is 2.51. The summed E-state index contributed by atoms with van der Waals surface area (Å²) in [5.74, 6) is -0.487. The number of anilines is 1. The van der Waals surface area contributed by atoms with Crippen LogP contribution < -0.4 is 10.6 Å². The molecule has 2 aromatic rings. The first kappa shape index (κ1) is 17.1. The highest BCUT2D eigenvalue weighted by molar-refractivity contribution is 5.91. The fourth-order valence-electron chi connectivity index (χ4n) is 2.46. The fraction of sp³-hybridized carbons (Fsp3) is 0.278. The van der Waals surface area contributed by atoms with Gasteiger partial charge in [0, 0.05) is 17.2 Å². The van der Waals surface area contributed by atoms with Gasteiger partial charge in [-0.2, -0.15) is 0 Å². The van der Waals surface area contributed by atoms with Crippen molar-refractivity contribution < 1.29 is 18.9 Å². The molecule has 0 spiro atoms. The maximum absolute atomic E-state index is 13.0. The normalized spacial score (nSPS) is 12.2. The molecule has 2 aromatic carbocycles. The molecule has 0 bridgehead atoms. The topological polar surface area (TPSA) is 45.7 Å². The van der Waals surface area contributed by atoms with Crippen LogP contribution >= 0.6 is 0 Å². The molecule has 3 N–H and O–H groups in total. The van der Waals surface area contributed by atoms with E-state index >= 15 is 0 Å². The summed E-state index contributed by atoms with van der Waals surface area (Å²) in [6, 6.07) is 12.1. The lowest BCUT2D eigenvalue weighted by Crippen LogP contribution is -2.88. The Morgan fingerprint density at radius 3 is 2.04 bits per heavy atom. The first-order valence-electron chi connectivity index (χ1n) is 7.60. The molecule has 0 fully saturated rings. The Kier molecular flexibility index (Phi) is 5.82. The van der Waals surface area contributed by atoms with Crippen molar-refractivity contribution in [3.63, 3.8) is 0 Å². The van der Waals surface area contributed by atoms with Gasteiger partial charge in [0.2, 0.25) is 0 Å². The second-order valence-electron chi connectivity index (χ2n) is 5.82. The predicted molar refractivity (Wildman–Crippen MR) is 85.8 cm³/mol. The first-order valence-corrected chi connectivity index (χ1v) is 7.60. The lowest BCUT2D eigenvalue weighted by atomic mass is 9.96. The third kappa shape index (κ3) is 5.14. The van der Waals surface area contributed by atoms with Gasteiger partial charge < -0.3 is 10.6 Å². The monoisotopic (exact) mass is 319 g/mol. The van der Waals surface area contributed by atoms with E-state index in [-0.39, 0.29) is 30.1 Å². The Balaban J connectivity index is 1.94. The van der Waals surface area contributed by atoms with Gasteiger partial charge in [0.15, 0.2) is 6.54 Å². The van der Waals surface area contributed by atoms with E-state index < -0.39 is 0 Å². The van der Waals surface area contributed by atoms with Crippen molar-refractivity contribution in [2.45, 2.75) is 19.9 Å². The summed E-state index contributed by atoms with van der Waals surface area (Å²) < 4.78 is 25.9. The van der Waals surface area contributed by atoms with Crippen molar-refractivity contribution in [2.24, 2.45) is 5.92 Å². The summed E-state index contributed by atoms with van der Waals surface area (Å²) in [6.45, 7) is 4.35. The van der Waals surface area contributed by atoms with Gasteiger partial charge in [-0.05, 0) is 36.4 Å².